The summed E-state index contributed by atoms with van der Waals surface area (Å²) in [5.41, 5.74) is 4.90. The molecule has 1 saturated heterocycles. The molecule has 1 fully saturated rings. The average molecular weight is 164 g/mol. The van der Waals surface area contributed by atoms with Crippen LogP contribution >= 0.6 is 0 Å². The second kappa shape index (κ2) is 2.41. The van der Waals surface area contributed by atoms with Gasteiger partial charge in [-0.25, -0.2) is 8.78 Å². The molecule has 1 amide bonds. The Hall–Kier alpha value is -0.710. The maximum absolute atomic E-state index is 12.6. The van der Waals surface area contributed by atoms with Crippen molar-refractivity contribution in [2.75, 3.05) is 13.6 Å². The number of amides is 1. The number of carbonyl (C=O) groups is 1. The number of nitrogens with two attached hydrogens (primary N) is 1. The summed E-state index contributed by atoms with van der Waals surface area (Å²) in [4.78, 5) is 11.8. The van der Waals surface area contributed by atoms with Gasteiger partial charge in [0.25, 0.3) is 5.92 Å². The third-order valence-electron chi connectivity index (χ3n) is 1.83. The molecule has 1 aliphatic heterocycles. The van der Waals surface area contributed by atoms with Crippen molar-refractivity contribution in [1.82, 2.24) is 4.90 Å². The number of primary amides is 1. The molecule has 0 aliphatic carbocycles. The van der Waals surface area contributed by atoms with Gasteiger partial charge in [-0.05, 0) is 7.05 Å². The van der Waals surface area contributed by atoms with E-state index in [1.54, 1.807) is 0 Å². The number of carbonyl (C=O) groups excluding carboxylic acids is 1. The maximum atomic E-state index is 12.6. The first-order valence-electron chi connectivity index (χ1n) is 3.30. The van der Waals surface area contributed by atoms with Crippen molar-refractivity contribution in [3.05, 3.63) is 0 Å². The highest BCUT2D eigenvalue weighted by atomic mass is 19.3. The number of likely N-dealkylation sites (N-methyl/N-ethyl adjacent to an activating group) is 1. The van der Waals surface area contributed by atoms with E-state index >= 15 is 0 Å². The summed E-state index contributed by atoms with van der Waals surface area (Å²) in [5.74, 6) is -3.43. The van der Waals surface area contributed by atoms with E-state index < -0.39 is 24.3 Å². The first-order valence-corrected chi connectivity index (χ1v) is 3.30. The number of nitrogens with zero attached hydrogens (tertiary/aromatic N) is 1. The number of hydrogen-bond donors (Lipinski definition) is 1. The molecule has 0 aromatic carbocycles. The van der Waals surface area contributed by atoms with E-state index in [1.165, 1.54) is 11.9 Å². The van der Waals surface area contributed by atoms with Crippen LogP contribution in [0.4, 0.5) is 8.78 Å². The predicted molar refractivity (Wildman–Crippen MR) is 35.2 cm³/mol. The van der Waals surface area contributed by atoms with E-state index in [2.05, 4.69) is 0 Å². The molecule has 0 saturated carbocycles. The number of hydrogen-bond acceptors (Lipinski definition) is 2. The predicted octanol–water partition coefficient (Wildman–Crippen LogP) is -0.189. The highest BCUT2D eigenvalue weighted by molar-refractivity contribution is 5.80. The zero-order chi connectivity index (χ0) is 8.65. The fraction of sp³-hybridized carbons (Fsp3) is 0.833. The van der Waals surface area contributed by atoms with Gasteiger partial charge in [-0.15, -0.1) is 0 Å². The second-order valence-corrected chi connectivity index (χ2v) is 2.89. The molecule has 0 bridgehead atoms. The van der Waals surface area contributed by atoms with Gasteiger partial charge < -0.3 is 5.73 Å². The lowest BCUT2D eigenvalue weighted by Crippen LogP contribution is -2.37. The van der Waals surface area contributed by atoms with Crippen molar-refractivity contribution in [3.63, 3.8) is 0 Å². The monoisotopic (exact) mass is 164 g/mol. The molecule has 0 aromatic heterocycles. The lowest BCUT2D eigenvalue weighted by molar-refractivity contribution is -0.122. The minimum absolute atomic E-state index is 0.374. The Labute approximate surface area is 63.2 Å². The molecule has 1 heterocycles. The largest absolute Gasteiger partial charge is 0.368 e. The highest BCUT2D eigenvalue weighted by Gasteiger charge is 2.45. The van der Waals surface area contributed by atoms with E-state index in [0.717, 1.165) is 0 Å². The van der Waals surface area contributed by atoms with Crippen molar-refractivity contribution < 1.29 is 13.6 Å². The Morgan fingerprint density at radius 1 is 1.73 bits per heavy atom. The average Bonchev–Trinajstić information content (AvgIpc) is 2.05. The molecular formula is C6H10F2N2O. The maximum Gasteiger partial charge on any atom is 0.262 e. The van der Waals surface area contributed by atoms with Gasteiger partial charge in [-0.1, -0.05) is 0 Å². The van der Waals surface area contributed by atoms with Crippen LogP contribution in [0.15, 0.2) is 0 Å². The van der Waals surface area contributed by atoms with Crippen LogP contribution < -0.4 is 5.73 Å². The number of likely N-dealkylation sites (tertiary alicyclic amines) is 1. The van der Waals surface area contributed by atoms with Crippen molar-refractivity contribution in [2.24, 2.45) is 5.73 Å². The number of alkyl halides is 2. The van der Waals surface area contributed by atoms with Crippen molar-refractivity contribution in [2.45, 2.75) is 18.4 Å². The quantitative estimate of drug-likeness (QED) is 0.584. The van der Waals surface area contributed by atoms with Crippen LogP contribution in [0.1, 0.15) is 6.42 Å². The van der Waals surface area contributed by atoms with Gasteiger partial charge in [-0.2, -0.15) is 0 Å². The molecule has 3 nitrogen and oxygen atoms in total. The first kappa shape index (κ1) is 8.39. The van der Waals surface area contributed by atoms with E-state index in [4.69, 9.17) is 5.73 Å². The summed E-state index contributed by atoms with van der Waals surface area (Å²) in [6.07, 6.45) is -0.446. The van der Waals surface area contributed by atoms with E-state index in [9.17, 15) is 13.6 Å². The zero-order valence-electron chi connectivity index (χ0n) is 6.18. The van der Waals surface area contributed by atoms with Gasteiger partial charge in [-0.3, -0.25) is 9.69 Å². The van der Waals surface area contributed by atoms with Crippen LogP contribution in [0.5, 0.6) is 0 Å². The molecular weight excluding hydrogens is 154 g/mol. The minimum atomic E-state index is -2.76. The van der Waals surface area contributed by atoms with E-state index in [1.807, 2.05) is 0 Å². The van der Waals surface area contributed by atoms with Gasteiger partial charge in [0.1, 0.15) is 0 Å². The highest BCUT2D eigenvalue weighted by Crippen LogP contribution is 2.30. The SMILES string of the molecule is CN1CC(F)(F)CC1C(N)=O. The van der Waals surface area contributed by atoms with Crippen LogP contribution in [0.2, 0.25) is 0 Å². The Morgan fingerprint density at radius 3 is 2.45 bits per heavy atom. The van der Waals surface area contributed by atoms with Gasteiger partial charge in [0.2, 0.25) is 5.91 Å². The smallest absolute Gasteiger partial charge is 0.262 e. The first-order chi connectivity index (χ1) is 4.92. The molecule has 64 valence electrons. The van der Waals surface area contributed by atoms with Gasteiger partial charge >= 0.3 is 0 Å². The summed E-state index contributed by atoms with van der Waals surface area (Å²) in [5, 5.41) is 0. The van der Waals surface area contributed by atoms with E-state index in [0.29, 0.717) is 0 Å². The van der Waals surface area contributed by atoms with Crippen molar-refractivity contribution >= 4 is 5.91 Å². The molecule has 0 radical (unpaired) electrons. The molecule has 1 rings (SSSR count). The Morgan fingerprint density at radius 2 is 2.27 bits per heavy atom. The van der Waals surface area contributed by atoms with Crippen molar-refractivity contribution in [3.8, 4) is 0 Å². The fourth-order valence-electron chi connectivity index (χ4n) is 1.30. The topological polar surface area (TPSA) is 46.3 Å². The molecule has 1 unspecified atom stereocenters. The van der Waals surface area contributed by atoms with Gasteiger partial charge in [0, 0.05) is 6.42 Å². The zero-order valence-corrected chi connectivity index (χ0v) is 6.18. The molecule has 11 heavy (non-hydrogen) atoms. The summed E-state index contributed by atoms with van der Waals surface area (Å²) in [7, 11) is 1.47. The third kappa shape index (κ3) is 1.65. The molecule has 0 spiro atoms. The number of halogens is 2. The van der Waals surface area contributed by atoms with Crippen LogP contribution in [0, 0.1) is 0 Å². The minimum Gasteiger partial charge on any atom is -0.368 e. The van der Waals surface area contributed by atoms with Crippen LogP contribution in [-0.4, -0.2) is 36.4 Å². The normalized spacial score (nSPS) is 30.6. The van der Waals surface area contributed by atoms with Crippen LogP contribution in [0.3, 0.4) is 0 Å². The summed E-state index contributed by atoms with van der Waals surface area (Å²) >= 11 is 0. The molecule has 0 aromatic rings. The van der Waals surface area contributed by atoms with Gasteiger partial charge in [0.15, 0.2) is 0 Å². The van der Waals surface area contributed by atoms with Crippen LogP contribution in [-0.2, 0) is 4.79 Å². The summed E-state index contributed by atoms with van der Waals surface area (Å²) in [6.45, 7) is -0.374. The Kier molecular flexibility index (Phi) is 1.83. The summed E-state index contributed by atoms with van der Waals surface area (Å²) < 4.78 is 25.1. The van der Waals surface area contributed by atoms with E-state index in [-0.39, 0.29) is 6.54 Å². The lowest BCUT2D eigenvalue weighted by atomic mass is 10.2. The lowest BCUT2D eigenvalue weighted by Gasteiger charge is -2.13. The molecule has 1 atom stereocenters. The summed E-state index contributed by atoms with van der Waals surface area (Å²) in [6, 6.07) is -0.801. The van der Waals surface area contributed by atoms with Gasteiger partial charge in [0.05, 0.1) is 12.6 Å². The standard InChI is InChI=1S/C6H10F2N2O/c1-10-3-6(7,8)2-4(10)5(9)11/h4H,2-3H2,1H3,(H2,9,11). The number of rotatable bonds is 1. The fourth-order valence-corrected chi connectivity index (χ4v) is 1.30. The second-order valence-electron chi connectivity index (χ2n) is 2.89. The molecule has 1 aliphatic rings. The molecule has 5 heteroatoms. The Balaban J connectivity index is 2.66. The third-order valence-corrected chi connectivity index (χ3v) is 1.83. The molecule has 2 N–H and O–H groups in total. The van der Waals surface area contributed by atoms with Crippen molar-refractivity contribution in [1.29, 1.82) is 0 Å². The van der Waals surface area contributed by atoms with Crippen LogP contribution in [0.25, 0.3) is 0 Å². The Bertz CT molecular complexity index is 183.